The second-order valence-electron chi connectivity index (χ2n) is 3.47. The van der Waals surface area contributed by atoms with Gasteiger partial charge in [-0.25, -0.2) is 0 Å². The van der Waals surface area contributed by atoms with E-state index >= 15 is 0 Å². The number of unbranched alkanes of at least 4 members (excludes halogenated alkanes) is 1. The highest BCUT2D eigenvalue weighted by molar-refractivity contribution is 6.32. The molecule has 16 heavy (non-hydrogen) atoms. The topological polar surface area (TPSA) is 30.5 Å². The Hall–Kier alpha value is -1.09. The third-order valence-electron chi connectivity index (χ3n) is 2.32. The highest BCUT2D eigenvalue weighted by Gasteiger charge is 2.08. The van der Waals surface area contributed by atoms with Gasteiger partial charge < -0.3 is 14.8 Å². The van der Waals surface area contributed by atoms with Crippen LogP contribution >= 0.6 is 11.6 Å². The molecule has 0 amide bonds. The SMILES string of the molecule is CCCCNc1cc(Cl)c(OC)cc1OC. The van der Waals surface area contributed by atoms with Crippen molar-refractivity contribution in [2.45, 2.75) is 19.8 Å². The summed E-state index contributed by atoms with van der Waals surface area (Å²) in [6, 6.07) is 3.62. The lowest BCUT2D eigenvalue weighted by molar-refractivity contribution is 0.395. The van der Waals surface area contributed by atoms with Crippen molar-refractivity contribution in [1.82, 2.24) is 0 Å². The third-order valence-corrected chi connectivity index (χ3v) is 2.62. The van der Waals surface area contributed by atoms with Gasteiger partial charge in [0, 0.05) is 12.6 Å². The summed E-state index contributed by atoms with van der Waals surface area (Å²) in [5.41, 5.74) is 0.904. The minimum absolute atomic E-state index is 0.585. The van der Waals surface area contributed by atoms with Crippen LogP contribution in [0.25, 0.3) is 0 Å². The second-order valence-corrected chi connectivity index (χ2v) is 3.87. The molecule has 0 aliphatic carbocycles. The lowest BCUT2D eigenvalue weighted by Gasteiger charge is -2.13. The zero-order valence-electron chi connectivity index (χ0n) is 9.97. The van der Waals surface area contributed by atoms with Crippen LogP contribution in [0.3, 0.4) is 0 Å². The van der Waals surface area contributed by atoms with Crippen LogP contribution < -0.4 is 14.8 Å². The molecule has 3 nitrogen and oxygen atoms in total. The average Bonchev–Trinajstić information content (AvgIpc) is 2.30. The van der Waals surface area contributed by atoms with Gasteiger partial charge in [-0.1, -0.05) is 24.9 Å². The molecule has 0 bridgehead atoms. The summed E-state index contributed by atoms with van der Waals surface area (Å²) < 4.78 is 10.4. The molecule has 0 spiro atoms. The molecule has 1 N–H and O–H groups in total. The third kappa shape index (κ3) is 3.20. The standard InChI is InChI=1S/C12H18ClNO2/c1-4-5-6-14-10-7-9(13)11(15-2)8-12(10)16-3/h7-8,14H,4-6H2,1-3H3. The summed E-state index contributed by atoms with van der Waals surface area (Å²) in [4.78, 5) is 0. The number of nitrogens with one attached hydrogen (secondary N) is 1. The lowest BCUT2D eigenvalue weighted by atomic mass is 10.2. The van der Waals surface area contributed by atoms with Gasteiger partial charge in [0.05, 0.1) is 24.9 Å². The fourth-order valence-corrected chi connectivity index (χ4v) is 1.64. The molecule has 0 unspecified atom stereocenters. The highest BCUT2D eigenvalue weighted by atomic mass is 35.5. The molecule has 0 heterocycles. The summed E-state index contributed by atoms with van der Waals surface area (Å²) in [6.45, 7) is 3.06. The Balaban J connectivity index is 2.85. The van der Waals surface area contributed by atoms with Gasteiger partial charge in [0.15, 0.2) is 0 Å². The van der Waals surface area contributed by atoms with E-state index in [4.69, 9.17) is 21.1 Å². The molecule has 0 saturated heterocycles. The molecule has 1 aromatic rings. The fraction of sp³-hybridized carbons (Fsp3) is 0.500. The van der Waals surface area contributed by atoms with Crippen molar-refractivity contribution < 1.29 is 9.47 Å². The van der Waals surface area contributed by atoms with E-state index in [1.807, 2.05) is 6.07 Å². The van der Waals surface area contributed by atoms with Gasteiger partial charge in [0.1, 0.15) is 11.5 Å². The molecule has 0 radical (unpaired) electrons. The molecule has 0 aromatic heterocycles. The predicted molar refractivity (Wildman–Crippen MR) is 68.0 cm³/mol. The van der Waals surface area contributed by atoms with Crippen LogP contribution in [0.15, 0.2) is 12.1 Å². The van der Waals surface area contributed by atoms with Crippen LogP contribution in [0.4, 0.5) is 5.69 Å². The maximum atomic E-state index is 6.05. The summed E-state index contributed by atoms with van der Waals surface area (Å²) in [7, 11) is 3.22. The van der Waals surface area contributed by atoms with Gasteiger partial charge in [-0.3, -0.25) is 0 Å². The van der Waals surface area contributed by atoms with Crippen LogP contribution in [0.2, 0.25) is 5.02 Å². The monoisotopic (exact) mass is 243 g/mol. The van der Waals surface area contributed by atoms with Crippen molar-refractivity contribution >= 4 is 17.3 Å². The molecular weight excluding hydrogens is 226 g/mol. The number of benzene rings is 1. The lowest BCUT2D eigenvalue weighted by Crippen LogP contribution is -2.03. The average molecular weight is 244 g/mol. The molecule has 1 rings (SSSR count). The van der Waals surface area contributed by atoms with Gasteiger partial charge in [-0.15, -0.1) is 0 Å². The zero-order valence-corrected chi connectivity index (χ0v) is 10.7. The second kappa shape index (κ2) is 6.48. The van der Waals surface area contributed by atoms with Crippen molar-refractivity contribution in [3.8, 4) is 11.5 Å². The van der Waals surface area contributed by atoms with Gasteiger partial charge in [-0.2, -0.15) is 0 Å². The zero-order chi connectivity index (χ0) is 12.0. The molecule has 0 aliphatic heterocycles. The highest BCUT2D eigenvalue weighted by Crippen LogP contribution is 2.35. The van der Waals surface area contributed by atoms with E-state index in [-0.39, 0.29) is 0 Å². The summed E-state index contributed by atoms with van der Waals surface area (Å²) in [6.07, 6.45) is 2.27. The van der Waals surface area contributed by atoms with E-state index < -0.39 is 0 Å². The Morgan fingerprint density at radius 1 is 1.19 bits per heavy atom. The Morgan fingerprint density at radius 2 is 1.88 bits per heavy atom. The van der Waals surface area contributed by atoms with Crippen LogP contribution in [-0.4, -0.2) is 20.8 Å². The van der Waals surface area contributed by atoms with E-state index in [2.05, 4.69) is 12.2 Å². The quantitative estimate of drug-likeness (QED) is 0.775. The van der Waals surface area contributed by atoms with Crippen molar-refractivity contribution in [1.29, 1.82) is 0 Å². The van der Waals surface area contributed by atoms with E-state index in [0.29, 0.717) is 10.8 Å². The Bertz CT molecular complexity index is 342. The van der Waals surface area contributed by atoms with Gasteiger partial charge >= 0.3 is 0 Å². The number of rotatable bonds is 6. The first-order chi connectivity index (χ1) is 7.72. The summed E-state index contributed by atoms with van der Waals surface area (Å²) in [5.74, 6) is 1.37. The molecule has 0 saturated carbocycles. The van der Waals surface area contributed by atoms with Crippen molar-refractivity contribution in [2.75, 3.05) is 26.1 Å². The molecule has 4 heteroatoms. The number of hydrogen-bond donors (Lipinski definition) is 1. The van der Waals surface area contributed by atoms with Crippen molar-refractivity contribution in [3.63, 3.8) is 0 Å². The number of anilines is 1. The summed E-state index contributed by atoms with van der Waals surface area (Å²) >= 11 is 6.05. The van der Waals surface area contributed by atoms with Crippen LogP contribution in [-0.2, 0) is 0 Å². The molecule has 0 atom stereocenters. The Morgan fingerprint density at radius 3 is 2.44 bits per heavy atom. The predicted octanol–water partition coefficient (Wildman–Crippen LogP) is 3.57. The molecule has 90 valence electrons. The first kappa shape index (κ1) is 13.0. The largest absolute Gasteiger partial charge is 0.495 e. The number of ether oxygens (including phenoxy) is 2. The van der Waals surface area contributed by atoms with E-state index in [1.165, 1.54) is 0 Å². The number of hydrogen-bond acceptors (Lipinski definition) is 3. The van der Waals surface area contributed by atoms with Gasteiger partial charge in [0.25, 0.3) is 0 Å². The van der Waals surface area contributed by atoms with E-state index in [0.717, 1.165) is 30.8 Å². The first-order valence-electron chi connectivity index (χ1n) is 5.38. The first-order valence-corrected chi connectivity index (χ1v) is 5.76. The number of halogens is 1. The molecule has 1 aromatic carbocycles. The molecular formula is C12H18ClNO2. The minimum atomic E-state index is 0.585. The summed E-state index contributed by atoms with van der Waals surface area (Å²) in [5, 5.41) is 3.88. The van der Waals surface area contributed by atoms with Gasteiger partial charge in [-0.05, 0) is 12.5 Å². The number of methoxy groups -OCH3 is 2. The van der Waals surface area contributed by atoms with Crippen LogP contribution in [0.5, 0.6) is 11.5 Å². The fourth-order valence-electron chi connectivity index (χ4n) is 1.40. The smallest absolute Gasteiger partial charge is 0.145 e. The maximum Gasteiger partial charge on any atom is 0.145 e. The van der Waals surface area contributed by atoms with Crippen LogP contribution in [0.1, 0.15) is 19.8 Å². The molecule has 0 aliphatic rings. The van der Waals surface area contributed by atoms with E-state index in [1.54, 1.807) is 20.3 Å². The Labute approximate surface area is 102 Å². The van der Waals surface area contributed by atoms with Crippen LogP contribution in [0, 0.1) is 0 Å². The maximum absolute atomic E-state index is 6.05. The van der Waals surface area contributed by atoms with Gasteiger partial charge in [0.2, 0.25) is 0 Å². The normalized spacial score (nSPS) is 10.0. The minimum Gasteiger partial charge on any atom is -0.495 e. The Kier molecular flexibility index (Phi) is 5.26. The van der Waals surface area contributed by atoms with E-state index in [9.17, 15) is 0 Å². The van der Waals surface area contributed by atoms with Crippen molar-refractivity contribution in [3.05, 3.63) is 17.2 Å². The van der Waals surface area contributed by atoms with Crippen molar-refractivity contribution in [2.24, 2.45) is 0 Å². The molecule has 0 fully saturated rings.